The zero-order chi connectivity index (χ0) is 13.0. The van der Waals surface area contributed by atoms with E-state index in [1.165, 1.54) is 5.56 Å². The number of nitrogens with zero attached hydrogens (tertiary/aromatic N) is 1. The molecular weight excluding hydrogens is 248 g/mol. The van der Waals surface area contributed by atoms with Crippen LogP contribution in [0.4, 0.5) is 0 Å². The Kier molecular flexibility index (Phi) is 4.62. The highest BCUT2D eigenvalue weighted by Gasteiger charge is 2.29. The maximum atomic E-state index is 6.40. The molecule has 100 valence electrons. The maximum Gasteiger partial charge on any atom is 0.0484 e. The van der Waals surface area contributed by atoms with Crippen molar-refractivity contribution in [1.29, 1.82) is 0 Å². The fourth-order valence-corrected chi connectivity index (χ4v) is 2.69. The number of hydrogen-bond acceptors (Lipinski definition) is 3. The van der Waals surface area contributed by atoms with Crippen molar-refractivity contribution in [3.05, 3.63) is 34.9 Å². The van der Waals surface area contributed by atoms with Crippen molar-refractivity contribution < 1.29 is 4.74 Å². The van der Waals surface area contributed by atoms with Gasteiger partial charge in [-0.05, 0) is 37.6 Å². The summed E-state index contributed by atoms with van der Waals surface area (Å²) in [6.07, 6.45) is 1.87. The number of likely N-dealkylation sites (N-methyl/N-ethyl adjacent to an activating group) is 1. The molecule has 0 bridgehead atoms. The van der Waals surface area contributed by atoms with Gasteiger partial charge in [-0.25, -0.2) is 0 Å². The molecule has 0 radical (unpaired) electrons. The third kappa shape index (κ3) is 3.95. The van der Waals surface area contributed by atoms with Gasteiger partial charge in [0, 0.05) is 36.9 Å². The Morgan fingerprint density at radius 3 is 2.78 bits per heavy atom. The molecule has 18 heavy (non-hydrogen) atoms. The minimum absolute atomic E-state index is 0.106. The summed E-state index contributed by atoms with van der Waals surface area (Å²) in [5, 5.41) is 0.787. The van der Waals surface area contributed by atoms with Crippen molar-refractivity contribution in [2.75, 3.05) is 26.8 Å². The van der Waals surface area contributed by atoms with Crippen LogP contribution >= 0.6 is 11.6 Å². The zero-order valence-electron chi connectivity index (χ0n) is 10.9. The van der Waals surface area contributed by atoms with Gasteiger partial charge in [0.05, 0.1) is 0 Å². The Hall–Kier alpha value is -0.610. The smallest absolute Gasteiger partial charge is 0.0484 e. The lowest BCUT2D eigenvalue weighted by Crippen LogP contribution is -2.52. The van der Waals surface area contributed by atoms with E-state index in [1.54, 1.807) is 0 Å². The van der Waals surface area contributed by atoms with Crippen molar-refractivity contribution in [1.82, 2.24) is 4.90 Å². The molecule has 0 amide bonds. The van der Waals surface area contributed by atoms with Crippen molar-refractivity contribution in [3.63, 3.8) is 0 Å². The Labute approximate surface area is 114 Å². The van der Waals surface area contributed by atoms with Crippen LogP contribution in [0.3, 0.4) is 0 Å². The van der Waals surface area contributed by atoms with E-state index in [4.69, 9.17) is 22.1 Å². The summed E-state index contributed by atoms with van der Waals surface area (Å²) >= 11 is 5.99. The fraction of sp³-hybridized carbons (Fsp3) is 0.571. The minimum Gasteiger partial charge on any atom is -0.381 e. The van der Waals surface area contributed by atoms with Gasteiger partial charge in [0.25, 0.3) is 0 Å². The molecule has 0 aliphatic carbocycles. The zero-order valence-corrected chi connectivity index (χ0v) is 11.6. The number of ether oxygens (including phenoxy) is 1. The minimum atomic E-state index is -0.106. The van der Waals surface area contributed by atoms with E-state index in [0.29, 0.717) is 0 Å². The highest BCUT2D eigenvalue weighted by molar-refractivity contribution is 6.30. The van der Waals surface area contributed by atoms with Gasteiger partial charge in [0.2, 0.25) is 0 Å². The van der Waals surface area contributed by atoms with Crippen molar-refractivity contribution in [3.8, 4) is 0 Å². The number of rotatable bonds is 4. The molecule has 1 aromatic rings. The van der Waals surface area contributed by atoms with E-state index in [0.717, 1.165) is 44.2 Å². The van der Waals surface area contributed by atoms with E-state index in [9.17, 15) is 0 Å². The number of benzene rings is 1. The first-order valence-electron chi connectivity index (χ1n) is 6.37. The molecule has 1 heterocycles. The van der Waals surface area contributed by atoms with E-state index >= 15 is 0 Å². The molecule has 0 atom stereocenters. The number of hydrogen-bond donors (Lipinski definition) is 1. The molecular formula is C14H21ClN2O. The molecule has 0 spiro atoms. The average molecular weight is 269 g/mol. The molecule has 2 rings (SSSR count). The molecule has 0 aromatic heterocycles. The topological polar surface area (TPSA) is 38.5 Å². The average Bonchev–Trinajstić information content (AvgIpc) is 2.28. The van der Waals surface area contributed by atoms with Crippen molar-refractivity contribution >= 4 is 11.6 Å². The van der Waals surface area contributed by atoms with E-state index in [2.05, 4.69) is 18.0 Å². The van der Waals surface area contributed by atoms with Gasteiger partial charge < -0.3 is 15.4 Å². The van der Waals surface area contributed by atoms with Gasteiger partial charge in [-0.1, -0.05) is 23.7 Å². The van der Waals surface area contributed by atoms with Crippen LogP contribution in [0.25, 0.3) is 0 Å². The SMILES string of the molecule is CN(Cc1cccc(Cl)c1)CC1(N)CCOCC1. The molecule has 1 saturated heterocycles. The predicted octanol–water partition coefficient (Wildman–Crippen LogP) is 2.28. The lowest BCUT2D eigenvalue weighted by molar-refractivity contribution is 0.0402. The normalized spacial score (nSPS) is 19.1. The van der Waals surface area contributed by atoms with Gasteiger partial charge in [-0.3, -0.25) is 0 Å². The Morgan fingerprint density at radius 2 is 2.11 bits per heavy atom. The highest BCUT2D eigenvalue weighted by atomic mass is 35.5. The van der Waals surface area contributed by atoms with E-state index in [1.807, 2.05) is 18.2 Å². The van der Waals surface area contributed by atoms with Gasteiger partial charge in [0.15, 0.2) is 0 Å². The Bertz CT molecular complexity index is 391. The molecule has 0 unspecified atom stereocenters. The Balaban J connectivity index is 1.90. The fourth-order valence-electron chi connectivity index (χ4n) is 2.48. The van der Waals surface area contributed by atoms with Crippen molar-refractivity contribution in [2.45, 2.75) is 24.9 Å². The second kappa shape index (κ2) is 6.02. The summed E-state index contributed by atoms with van der Waals surface area (Å²) in [6.45, 7) is 3.33. The summed E-state index contributed by atoms with van der Waals surface area (Å²) in [4.78, 5) is 2.26. The first kappa shape index (κ1) is 13.8. The Morgan fingerprint density at radius 1 is 1.39 bits per heavy atom. The van der Waals surface area contributed by atoms with Crippen LogP contribution in [-0.4, -0.2) is 37.2 Å². The lowest BCUT2D eigenvalue weighted by Gasteiger charge is -2.36. The molecule has 1 aliphatic heterocycles. The molecule has 1 aromatic carbocycles. The third-order valence-electron chi connectivity index (χ3n) is 3.41. The van der Waals surface area contributed by atoms with Crippen LogP contribution in [0.2, 0.25) is 5.02 Å². The highest BCUT2D eigenvalue weighted by Crippen LogP contribution is 2.20. The summed E-state index contributed by atoms with van der Waals surface area (Å²) in [7, 11) is 2.10. The number of nitrogens with two attached hydrogens (primary N) is 1. The number of halogens is 1. The van der Waals surface area contributed by atoms with Gasteiger partial charge in [-0.15, -0.1) is 0 Å². The predicted molar refractivity (Wildman–Crippen MR) is 74.8 cm³/mol. The maximum absolute atomic E-state index is 6.40. The van der Waals surface area contributed by atoms with Crippen LogP contribution in [0.5, 0.6) is 0 Å². The van der Waals surface area contributed by atoms with Gasteiger partial charge in [-0.2, -0.15) is 0 Å². The van der Waals surface area contributed by atoms with Crippen LogP contribution in [0.15, 0.2) is 24.3 Å². The van der Waals surface area contributed by atoms with Crippen LogP contribution in [0, 0.1) is 0 Å². The summed E-state index contributed by atoms with van der Waals surface area (Å²) in [5.74, 6) is 0. The van der Waals surface area contributed by atoms with Crippen LogP contribution in [0.1, 0.15) is 18.4 Å². The molecule has 4 heteroatoms. The molecule has 3 nitrogen and oxygen atoms in total. The molecule has 0 saturated carbocycles. The van der Waals surface area contributed by atoms with Gasteiger partial charge >= 0.3 is 0 Å². The first-order chi connectivity index (χ1) is 8.57. The largest absolute Gasteiger partial charge is 0.381 e. The summed E-state index contributed by atoms with van der Waals surface area (Å²) < 4.78 is 5.36. The second-order valence-corrected chi connectivity index (χ2v) is 5.71. The summed E-state index contributed by atoms with van der Waals surface area (Å²) in [6, 6.07) is 7.98. The van der Waals surface area contributed by atoms with Crippen molar-refractivity contribution in [2.24, 2.45) is 5.73 Å². The van der Waals surface area contributed by atoms with E-state index in [-0.39, 0.29) is 5.54 Å². The summed E-state index contributed by atoms with van der Waals surface area (Å²) in [5.41, 5.74) is 7.51. The molecule has 1 fully saturated rings. The lowest BCUT2D eigenvalue weighted by atomic mass is 9.91. The molecule has 1 aliphatic rings. The van der Waals surface area contributed by atoms with E-state index < -0.39 is 0 Å². The van der Waals surface area contributed by atoms with Crippen LogP contribution in [-0.2, 0) is 11.3 Å². The monoisotopic (exact) mass is 268 g/mol. The second-order valence-electron chi connectivity index (χ2n) is 5.28. The quantitative estimate of drug-likeness (QED) is 0.911. The van der Waals surface area contributed by atoms with Gasteiger partial charge in [0.1, 0.15) is 0 Å². The van der Waals surface area contributed by atoms with Crippen LogP contribution < -0.4 is 5.73 Å². The molecule has 2 N–H and O–H groups in total. The third-order valence-corrected chi connectivity index (χ3v) is 3.65. The first-order valence-corrected chi connectivity index (χ1v) is 6.75. The standard InChI is InChI=1S/C14H21ClN2O/c1-17(10-12-3-2-4-13(15)9-12)11-14(16)5-7-18-8-6-14/h2-4,9H,5-8,10-11,16H2,1H3.